The molecule has 2 N–H and O–H groups in total. The molecular formula is C15H24N2O2. The predicted octanol–water partition coefficient (Wildman–Crippen LogP) is 1.53. The third-order valence-corrected chi connectivity index (χ3v) is 3.27. The molecule has 1 aromatic rings. The lowest BCUT2D eigenvalue weighted by Gasteiger charge is -2.23. The highest BCUT2D eigenvalue weighted by Gasteiger charge is 2.26. The van der Waals surface area contributed by atoms with Crippen LogP contribution in [0.2, 0.25) is 0 Å². The summed E-state index contributed by atoms with van der Waals surface area (Å²) in [4.78, 5) is 3.99. The van der Waals surface area contributed by atoms with E-state index in [4.69, 9.17) is 4.74 Å². The number of nitrogens with zero attached hydrogens (tertiary/aromatic N) is 1. The zero-order chi connectivity index (χ0) is 13.6. The van der Waals surface area contributed by atoms with Crippen LogP contribution in [-0.4, -0.2) is 41.5 Å². The van der Waals surface area contributed by atoms with Gasteiger partial charge in [0.2, 0.25) is 0 Å². The van der Waals surface area contributed by atoms with E-state index in [9.17, 15) is 5.11 Å². The second-order valence-corrected chi connectivity index (χ2v) is 5.66. The number of hydrogen-bond acceptors (Lipinski definition) is 4. The van der Waals surface area contributed by atoms with Gasteiger partial charge in [0, 0.05) is 31.6 Å². The highest BCUT2D eigenvalue weighted by Crippen LogP contribution is 2.19. The van der Waals surface area contributed by atoms with Crippen LogP contribution in [0.4, 0.5) is 0 Å². The quantitative estimate of drug-likeness (QED) is 0.664. The standard InChI is InChI=1S/C15H24N2O2/c1-15(18,11-17-14-4-5-14)12-19-10-2-3-13-6-8-16-9-7-13/h6-9,14,17-18H,2-5,10-12H2,1H3. The second kappa shape index (κ2) is 6.98. The van der Waals surface area contributed by atoms with Gasteiger partial charge in [0.15, 0.2) is 0 Å². The molecule has 0 aromatic carbocycles. The first-order valence-corrected chi connectivity index (χ1v) is 7.08. The number of aryl methyl sites for hydroxylation is 1. The molecule has 4 heteroatoms. The molecule has 1 aliphatic carbocycles. The molecule has 0 spiro atoms. The summed E-state index contributed by atoms with van der Waals surface area (Å²) in [6.45, 7) is 3.51. The molecule has 1 saturated carbocycles. The predicted molar refractivity (Wildman–Crippen MR) is 75.0 cm³/mol. The summed E-state index contributed by atoms with van der Waals surface area (Å²) in [5.41, 5.74) is 0.514. The van der Waals surface area contributed by atoms with E-state index in [-0.39, 0.29) is 0 Å². The maximum absolute atomic E-state index is 10.1. The maximum atomic E-state index is 10.1. The molecule has 2 rings (SSSR count). The molecule has 1 aromatic heterocycles. The SMILES string of the molecule is CC(O)(CNC1CC1)COCCCc1ccncc1. The van der Waals surface area contributed by atoms with E-state index >= 15 is 0 Å². The molecule has 106 valence electrons. The van der Waals surface area contributed by atoms with E-state index in [1.54, 1.807) is 0 Å². The zero-order valence-corrected chi connectivity index (χ0v) is 11.6. The van der Waals surface area contributed by atoms with Crippen LogP contribution in [0.1, 0.15) is 31.7 Å². The first-order valence-electron chi connectivity index (χ1n) is 7.08. The summed E-state index contributed by atoms with van der Waals surface area (Å²) in [5, 5.41) is 13.4. The first kappa shape index (κ1) is 14.4. The monoisotopic (exact) mass is 264 g/mol. The highest BCUT2D eigenvalue weighted by molar-refractivity contribution is 5.09. The fourth-order valence-corrected chi connectivity index (χ4v) is 1.92. The summed E-state index contributed by atoms with van der Waals surface area (Å²) in [6.07, 6.45) is 8.06. The van der Waals surface area contributed by atoms with Crippen molar-refractivity contribution in [2.24, 2.45) is 0 Å². The van der Waals surface area contributed by atoms with E-state index < -0.39 is 5.60 Å². The van der Waals surface area contributed by atoms with Gasteiger partial charge in [-0.1, -0.05) is 0 Å². The Morgan fingerprint density at radius 1 is 1.42 bits per heavy atom. The average Bonchev–Trinajstić information content (AvgIpc) is 3.21. The van der Waals surface area contributed by atoms with Crippen LogP contribution in [0.15, 0.2) is 24.5 Å². The van der Waals surface area contributed by atoms with Gasteiger partial charge in [-0.05, 0) is 50.3 Å². The fraction of sp³-hybridized carbons (Fsp3) is 0.667. The van der Waals surface area contributed by atoms with Gasteiger partial charge in [-0.2, -0.15) is 0 Å². The van der Waals surface area contributed by atoms with Gasteiger partial charge in [0.25, 0.3) is 0 Å². The van der Waals surface area contributed by atoms with Crippen molar-refractivity contribution in [2.45, 2.75) is 44.2 Å². The van der Waals surface area contributed by atoms with E-state index in [1.165, 1.54) is 18.4 Å². The number of pyridine rings is 1. The van der Waals surface area contributed by atoms with Gasteiger partial charge >= 0.3 is 0 Å². The molecule has 1 heterocycles. The Hall–Kier alpha value is -0.970. The van der Waals surface area contributed by atoms with Crippen LogP contribution in [-0.2, 0) is 11.2 Å². The van der Waals surface area contributed by atoms with Crippen LogP contribution in [0.25, 0.3) is 0 Å². The van der Waals surface area contributed by atoms with Crippen molar-refractivity contribution < 1.29 is 9.84 Å². The van der Waals surface area contributed by atoms with Crippen molar-refractivity contribution in [1.82, 2.24) is 10.3 Å². The van der Waals surface area contributed by atoms with E-state index in [2.05, 4.69) is 10.3 Å². The summed E-state index contributed by atoms with van der Waals surface area (Å²) < 4.78 is 5.57. The number of aromatic nitrogens is 1. The largest absolute Gasteiger partial charge is 0.386 e. The summed E-state index contributed by atoms with van der Waals surface area (Å²) in [7, 11) is 0. The van der Waals surface area contributed by atoms with Crippen LogP contribution in [0, 0.1) is 0 Å². The maximum Gasteiger partial charge on any atom is 0.0975 e. The summed E-state index contributed by atoms with van der Waals surface area (Å²) in [5.74, 6) is 0. The van der Waals surface area contributed by atoms with Gasteiger partial charge < -0.3 is 15.2 Å². The number of nitrogens with one attached hydrogen (secondary N) is 1. The number of aliphatic hydroxyl groups is 1. The molecule has 1 unspecified atom stereocenters. The smallest absolute Gasteiger partial charge is 0.0975 e. The Morgan fingerprint density at radius 3 is 2.84 bits per heavy atom. The van der Waals surface area contributed by atoms with E-state index in [0.29, 0.717) is 25.8 Å². The van der Waals surface area contributed by atoms with Gasteiger partial charge in [0.1, 0.15) is 0 Å². The molecular weight excluding hydrogens is 240 g/mol. The topological polar surface area (TPSA) is 54.4 Å². The number of rotatable bonds is 9. The third kappa shape index (κ3) is 6.14. The Balaban J connectivity index is 1.53. The molecule has 0 saturated heterocycles. The Kier molecular flexibility index (Phi) is 5.31. The molecule has 0 bridgehead atoms. The molecule has 1 atom stereocenters. The molecule has 0 aliphatic heterocycles. The van der Waals surface area contributed by atoms with E-state index in [0.717, 1.165) is 12.8 Å². The van der Waals surface area contributed by atoms with E-state index in [1.807, 2.05) is 31.5 Å². The van der Waals surface area contributed by atoms with Gasteiger partial charge in [-0.15, -0.1) is 0 Å². The first-order chi connectivity index (χ1) is 9.16. The molecule has 1 fully saturated rings. The van der Waals surface area contributed by atoms with Crippen molar-refractivity contribution in [3.8, 4) is 0 Å². The summed E-state index contributed by atoms with van der Waals surface area (Å²) >= 11 is 0. The third-order valence-electron chi connectivity index (χ3n) is 3.27. The zero-order valence-electron chi connectivity index (χ0n) is 11.6. The number of ether oxygens (including phenoxy) is 1. The molecule has 0 amide bonds. The lowest BCUT2D eigenvalue weighted by molar-refractivity contribution is -0.0329. The van der Waals surface area contributed by atoms with Crippen LogP contribution in [0.5, 0.6) is 0 Å². The van der Waals surface area contributed by atoms with Crippen LogP contribution < -0.4 is 5.32 Å². The summed E-state index contributed by atoms with van der Waals surface area (Å²) in [6, 6.07) is 4.67. The minimum Gasteiger partial charge on any atom is -0.386 e. The van der Waals surface area contributed by atoms with Crippen molar-refractivity contribution in [3.63, 3.8) is 0 Å². The minimum atomic E-state index is -0.765. The molecule has 19 heavy (non-hydrogen) atoms. The van der Waals surface area contributed by atoms with Crippen LogP contribution in [0.3, 0.4) is 0 Å². The highest BCUT2D eigenvalue weighted by atomic mass is 16.5. The second-order valence-electron chi connectivity index (χ2n) is 5.66. The average molecular weight is 264 g/mol. The number of hydrogen-bond donors (Lipinski definition) is 2. The van der Waals surface area contributed by atoms with Crippen molar-refractivity contribution >= 4 is 0 Å². The molecule has 1 aliphatic rings. The normalized spacial score (nSPS) is 18.2. The fourth-order valence-electron chi connectivity index (χ4n) is 1.92. The Labute approximate surface area is 115 Å². The van der Waals surface area contributed by atoms with Crippen molar-refractivity contribution in [3.05, 3.63) is 30.1 Å². The van der Waals surface area contributed by atoms with Gasteiger partial charge in [-0.3, -0.25) is 4.98 Å². The molecule has 4 nitrogen and oxygen atoms in total. The minimum absolute atomic E-state index is 0.392. The van der Waals surface area contributed by atoms with Crippen molar-refractivity contribution in [1.29, 1.82) is 0 Å². The van der Waals surface area contributed by atoms with Gasteiger partial charge in [-0.25, -0.2) is 0 Å². The Bertz CT molecular complexity index is 364. The Morgan fingerprint density at radius 2 is 2.16 bits per heavy atom. The lowest BCUT2D eigenvalue weighted by Crippen LogP contribution is -2.42. The molecule has 0 radical (unpaired) electrons. The van der Waals surface area contributed by atoms with Crippen molar-refractivity contribution in [2.75, 3.05) is 19.8 Å². The van der Waals surface area contributed by atoms with Crippen LogP contribution >= 0.6 is 0 Å². The lowest BCUT2D eigenvalue weighted by atomic mass is 10.1. The van der Waals surface area contributed by atoms with Gasteiger partial charge in [0.05, 0.1) is 12.2 Å².